The van der Waals surface area contributed by atoms with Crippen molar-refractivity contribution >= 4 is 24.2 Å². The van der Waals surface area contributed by atoms with E-state index in [9.17, 15) is 9.59 Å². The van der Waals surface area contributed by atoms with Gasteiger partial charge in [0.2, 0.25) is 0 Å². The molecule has 0 spiro atoms. The predicted octanol–water partition coefficient (Wildman–Crippen LogP) is 3.71. The summed E-state index contributed by atoms with van der Waals surface area (Å²) in [5.41, 5.74) is 8.97. The van der Waals surface area contributed by atoms with Crippen LogP contribution >= 0.6 is 0 Å². The molecule has 2 N–H and O–H groups in total. The number of carbonyl (C=O) groups excluding carboxylic acids is 2. The van der Waals surface area contributed by atoms with Gasteiger partial charge in [0.05, 0.1) is 12.4 Å². The molecule has 29 heavy (non-hydrogen) atoms. The lowest BCUT2D eigenvalue weighted by atomic mass is 10.0. The molecule has 0 atom stereocenters. The van der Waals surface area contributed by atoms with Crippen molar-refractivity contribution in [3.8, 4) is 0 Å². The minimum Gasteiger partial charge on any atom is -0.272 e. The van der Waals surface area contributed by atoms with Gasteiger partial charge in [0.25, 0.3) is 11.8 Å². The maximum absolute atomic E-state index is 12.5. The third kappa shape index (κ3) is 7.70. The number of nitrogens with zero attached hydrogens (tertiary/aromatic N) is 2. The Morgan fingerprint density at radius 1 is 0.828 bits per heavy atom. The molecule has 0 saturated carbocycles. The SMILES string of the molecule is CCCCC(C(=O)N/N=C\c1ccc(C)cc1)C(=O)N/N=C\c1ccc(C)cc1. The summed E-state index contributed by atoms with van der Waals surface area (Å²) in [6.45, 7) is 6.01. The molecular weight excluding hydrogens is 364 g/mol. The van der Waals surface area contributed by atoms with Crippen LogP contribution in [0.5, 0.6) is 0 Å². The Morgan fingerprint density at radius 2 is 1.24 bits per heavy atom. The molecule has 2 amide bonds. The number of carbonyl (C=O) groups is 2. The molecule has 2 aromatic carbocycles. The first-order chi connectivity index (χ1) is 14.0. The predicted molar refractivity (Wildman–Crippen MR) is 117 cm³/mol. The van der Waals surface area contributed by atoms with Crippen molar-refractivity contribution in [1.29, 1.82) is 0 Å². The first kappa shape index (κ1) is 22.0. The van der Waals surface area contributed by atoms with E-state index >= 15 is 0 Å². The first-order valence-electron chi connectivity index (χ1n) is 9.78. The maximum atomic E-state index is 12.5. The summed E-state index contributed by atoms with van der Waals surface area (Å²) in [5.74, 6) is -1.73. The van der Waals surface area contributed by atoms with E-state index in [-0.39, 0.29) is 0 Å². The summed E-state index contributed by atoms with van der Waals surface area (Å²) in [5, 5.41) is 7.95. The minimum atomic E-state index is -0.847. The van der Waals surface area contributed by atoms with Crippen molar-refractivity contribution in [2.24, 2.45) is 16.1 Å². The smallest absolute Gasteiger partial charge is 0.252 e. The highest BCUT2D eigenvalue weighted by Gasteiger charge is 2.25. The second-order valence-electron chi connectivity index (χ2n) is 6.98. The van der Waals surface area contributed by atoms with Gasteiger partial charge in [0.1, 0.15) is 5.92 Å². The molecule has 0 radical (unpaired) electrons. The highest BCUT2D eigenvalue weighted by Crippen LogP contribution is 2.10. The molecular formula is C23H28N4O2. The van der Waals surface area contributed by atoms with Crippen molar-refractivity contribution < 1.29 is 9.59 Å². The first-order valence-corrected chi connectivity index (χ1v) is 9.78. The van der Waals surface area contributed by atoms with E-state index in [2.05, 4.69) is 21.1 Å². The van der Waals surface area contributed by atoms with Gasteiger partial charge in [0, 0.05) is 0 Å². The van der Waals surface area contributed by atoms with E-state index in [1.54, 1.807) is 12.4 Å². The zero-order valence-corrected chi connectivity index (χ0v) is 17.2. The molecule has 0 fully saturated rings. The topological polar surface area (TPSA) is 82.9 Å². The number of aryl methyl sites for hydroxylation is 2. The minimum absolute atomic E-state index is 0.439. The van der Waals surface area contributed by atoms with Crippen molar-refractivity contribution in [3.05, 3.63) is 70.8 Å². The third-order valence-electron chi connectivity index (χ3n) is 4.41. The van der Waals surface area contributed by atoms with Crippen LogP contribution in [0, 0.1) is 19.8 Å². The van der Waals surface area contributed by atoms with Gasteiger partial charge in [0.15, 0.2) is 0 Å². The van der Waals surface area contributed by atoms with Gasteiger partial charge >= 0.3 is 0 Å². The molecule has 0 bridgehead atoms. The Balaban J connectivity index is 1.94. The Bertz CT molecular complexity index is 786. The van der Waals surface area contributed by atoms with E-state index in [1.165, 1.54) is 0 Å². The molecule has 0 saturated heterocycles. The largest absolute Gasteiger partial charge is 0.272 e. The van der Waals surface area contributed by atoms with Crippen LogP contribution in [0.3, 0.4) is 0 Å². The Morgan fingerprint density at radius 3 is 1.62 bits per heavy atom. The average Bonchev–Trinajstić information content (AvgIpc) is 2.71. The molecule has 6 heteroatoms. The fourth-order valence-electron chi connectivity index (χ4n) is 2.59. The highest BCUT2D eigenvalue weighted by molar-refractivity contribution is 6.00. The fourth-order valence-corrected chi connectivity index (χ4v) is 2.59. The zero-order valence-electron chi connectivity index (χ0n) is 17.2. The molecule has 0 aliphatic rings. The van der Waals surface area contributed by atoms with Crippen molar-refractivity contribution in [2.75, 3.05) is 0 Å². The van der Waals surface area contributed by atoms with E-state index < -0.39 is 17.7 Å². The van der Waals surface area contributed by atoms with Crippen molar-refractivity contribution in [1.82, 2.24) is 10.9 Å². The molecule has 0 heterocycles. The molecule has 0 unspecified atom stereocenters. The molecule has 2 aromatic rings. The number of hydrazone groups is 2. The monoisotopic (exact) mass is 392 g/mol. The van der Waals surface area contributed by atoms with E-state index in [0.717, 1.165) is 35.1 Å². The number of rotatable bonds is 9. The molecule has 2 rings (SSSR count). The summed E-state index contributed by atoms with van der Waals surface area (Å²) in [6, 6.07) is 15.5. The van der Waals surface area contributed by atoms with Gasteiger partial charge in [-0.1, -0.05) is 79.4 Å². The normalized spacial score (nSPS) is 11.3. The van der Waals surface area contributed by atoms with Gasteiger partial charge in [-0.3, -0.25) is 9.59 Å². The van der Waals surface area contributed by atoms with E-state index in [0.29, 0.717) is 6.42 Å². The van der Waals surface area contributed by atoms with Gasteiger partial charge in [-0.05, 0) is 31.4 Å². The summed E-state index contributed by atoms with van der Waals surface area (Å²) < 4.78 is 0. The second kappa shape index (κ2) is 11.5. The summed E-state index contributed by atoms with van der Waals surface area (Å²) >= 11 is 0. The average molecular weight is 393 g/mol. The van der Waals surface area contributed by atoms with Crippen LogP contribution in [0.25, 0.3) is 0 Å². The number of unbranched alkanes of at least 4 members (excludes halogenated alkanes) is 1. The molecule has 0 aromatic heterocycles. The van der Waals surface area contributed by atoms with E-state index in [1.807, 2.05) is 69.3 Å². The zero-order chi connectivity index (χ0) is 21.1. The number of hydrogen-bond acceptors (Lipinski definition) is 4. The Labute approximate surface area is 172 Å². The quantitative estimate of drug-likeness (QED) is 0.387. The third-order valence-corrected chi connectivity index (χ3v) is 4.41. The van der Waals surface area contributed by atoms with Gasteiger partial charge in [-0.15, -0.1) is 0 Å². The number of amides is 2. The summed E-state index contributed by atoms with van der Waals surface area (Å²) in [7, 11) is 0. The molecule has 0 aliphatic carbocycles. The Kier molecular flexibility index (Phi) is 8.76. The van der Waals surface area contributed by atoms with Gasteiger partial charge < -0.3 is 0 Å². The van der Waals surface area contributed by atoms with Gasteiger partial charge in [-0.2, -0.15) is 10.2 Å². The van der Waals surface area contributed by atoms with Crippen LogP contribution in [-0.4, -0.2) is 24.2 Å². The lowest BCUT2D eigenvalue weighted by Crippen LogP contribution is -2.38. The van der Waals surface area contributed by atoms with Crippen LogP contribution in [0.15, 0.2) is 58.7 Å². The highest BCUT2D eigenvalue weighted by atomic mass is 16.2. The van der Waals surface area contributed by atoms with Crippen molar-refractivity contribution in [3.63, 3.8) is 0 Å². The van der Waals surface area contributed by atoms with Gasteiger partial charge in [-0.25, -0.2) is 10.9 Å². The van der Waals surface area contributed by atoms with Crippen LogP contribution in [0.4, 0.5) is 0 Å². The van der Waals surface area contributed by atoms with Crippen molar-refractivity contribution in [2.45, 2.75) is 40.0 Å². The van der Waals surface area contributed by atoms with Crippen LogP contribution < -0.4 is 10.9 Å². The molecule has 152 valence electrons. The molecule has 0 aliphatic heterocycles. The van der Waals surface area contributed by atoms with Crippen LogP contribution in [0.2, 0.25) is 0 Å². The second-order valence-corrected chi connectivity index (χ2v) is 6.98. The van der Waals surface area contributed by atoms with E-state index in [4.69, 9.17) is 0 Å². The summed E-state index contributed by atoms with van der Waals surface area (Å²) in [4.78, 5) is 24.9. The number of nitrogens with one attached hydrogen (secondary N) is 2. The van der Waals surface area contributed by atoms with Crippen LogP contribution in [-0.2, 0) is 9.59 Å². The maximum Gasteiger partial charge on any atom is 0.252 e. The fraction of sp³-hybridized carbons (Fsp3) is 0.304. The lowest BCUT2D eigenvalue weighted by Gasteiger charge is -2.12. The standard InChI is InChI=1S/C23H28N4O2/c1-4-5-6-21(22(28)26-24-15-19-11-7-17(2)8-12-19)23(29)27-25-16-20-13-9-18(3)10-14-20/h7-16,21H,4-6H2,1-3H3,(H,26,28)(H,27,29)/b24-15-,25-16-. The number of hydrogen-bond donors (Lipinski definition) is 2. The Hall–Kier alpha value is -3.28. The summed E-state index contributed by atoms with van der Waals surface area (Å²) in [6.07, 6.45) is 5.20. The lowest BCUT2D eigenvalue weighted by molar-refractivity contribution is -0.135. The van der Waals surface area contributed by atoms with Crippen LogP contribution in [0.1, 0.15) is 48.4 Å². The molecule has 6 nitrogen and oxygen atoms in total. The number of benzene rings is 2.